The SMILES string of the molecule is O=C(Nc1ccc2nc[nH]c2c1)C1CC(=O)N(c2cccc(Cl)c2)C1. The van der Waals surface area contributed by atoms with Gasteiger partial charge in [0.2, 0.25) is 11.8 Å². The molecule has 1 aliphatic heterocycles. The number of amides is 2. The molecule has 1 unspecified atom stereocenters. The van der Waals surface area contributed by atoms with E-state index in [0.717, 1.165) is 11.0 Å². The van der Waals surface area contributed by atoms with Crippen LogP contribution in [-0.2, 0) is 9.59 Å². The van der Waals surface area contributed by atoms with Crippen LogP contribution in [0.3, 0.4) is 0 Å². The highest BCUT2D eigenvalue weighted by Crippen LogP contribution is 2.28. The van der Waals surface area contributed by atoms with Gasteiger partial charge in [-0.1, -0.05) is 17.7 Å². The molecule has 2 heterocycles. The van der Waals surface area contributed by atoms with Gasteiger partial charge in [-0.25, -0.2) is 4.98 Å². The Morgan fingerprint density at radius 2 is 2.16 bits per heavy atom. The van der Waals surface area contributed by atoms with E-state index in [9.17, 15) is 9.59 Å². The molecular weight excluding hydrogens is 340 g/mol. The summed E-state index contributed by atoms with van der Waals surface area (Å²) in [6, 6.07) is 12.5. The maximum Gasteiger partial charge on any atom is 0.229 e. The van der Waals surface area contributed by atoms with Crippen LogP contribution in [0.25, 0.3) is 11.0 Å². The van der Waals surface area contributed by atoms with Crippen LogP contribution in [0.2, 0.25) is 5.02 Å². The topological polar surface area (TPSA) is 78.1 Å². The number of aromatic nitrogens is 2. The van der Waals surface area contributed by atoms with Crippen LogP contribution >= 0.6 is 11.6 Å². The van der Waals surface area contributed by atoms with Gasteiger partial charge in [0.15, 0.2) is 0 Å². The van der Waals surface area contributed by atoms with E-state index in [4.69, 9.17) is 11.6 Å². The predicted octanol–water partition coefficient (Wildman–Crippen LogP) is 3.21. The number of hydrogen-bond donors (Lipinski definition) is 2. The summed E-state index contributed by atoms with van der Waals surface area (Å²) in [4.78, 5) is 33.6. The fourth-order valence-corrected chi connectivity index (χ4v) is 3.22. The molecule has 2 N–H and O–H groups in total. The Morgan fingerprint density at radius 3 is 3.00 bits per heavy atom. The maximum atomic E-state index is 12.5. The zero-order chi connectivity index (χ0) is 17.4. The summed E-state index contributed by atoms with van der Waals surface area (Å²) in [6.07, 6.45) is 1.79. The predicted molar refractivity (Wildman–Crippen MR) is 96.6 cm³/mol. The summed E-state index contributed by atoms with van der Waals surface area (Å²) in [5.74, 6) is -0.646. The number of rotatable bonds is 3. The second-order valence-corrected chi connectivity index (χ2v) is 6.45. The molecule has 0 aliphatic carbocycles. The highest BCUT2D eigenvalue weighted by atomic mass is 35.5. The van der Waals surface area contributed by atoms with E-state index < -0.39 is 5.92 Å². The highest BCUT2D eigenvalue weighted by molar-refractivity contribution is 6.31. The zero-order valence-corrected chi connectivity index (χ0v) is 14.0. The van der Waals surface area contributed by atoms with Crippen LogP contribution in [0, 0.1) is 5.92 Å². The summed E-state index contributed by atoms with van der Waals surface area (Å²) in [5, 5.41) is 3.44. The summed E-state index contributed by atoms with van der Waals surface area (Å²) in [7, 11) is 0. The van der Waals surface area contributed by atoms with Crippen molar-refractivity contribution < 1.29 is 9.59 Å². The van der Waals surface area contributed by atoms with Gasteiger partial charge in [0, 0.05) is 29.4 Å². The third-order valence-electron chi connectivity index (χ3n) is 4.30. The van der Waals surface area contributed by atoms with Crippen LogP contribution in [0.15, 0.2) is 48.8 Å². The minimum Gasteiger partial charge on any atom is -0.345 e. The molecule has 1 atom stereocenters. The van der Waals surface area contributed by atoms with Gasteiger partial charge < -0.3 is 15.2 Å². The number of carbonyl (C=O) groups excluding carboxylic acids is 2. The molecule has 1 fully saturated rings. The van der Waals surface area contributed by atoms with Gasteiger partial charge in [0.1, 0.15) is 0 Å². The number of nitrogens with one attached hydrogen (secondary N) is 2. The van der Waals surface area contributed by atoms with Gasteiger partial charge in [-0.05, 0) is 36.4 Å². The van der Waals surface area contributed by atoms with Gasteiger partial charge in [-0.3, -0.25) is 9.59 Å². The molecule has 0 saturated carbocycles. The standard InChI is InChI=1S/C18H15ClN4O2/c19-12-2-1-3-14(7-12)23-9-11(6-17(23)24)18(25)22-13-4-5-15-16(8-13)21-10-20-15/h1-5,7-8,10-11H,6,9H2,(H,20,21)(H,22,25). The third-order valence-corrected chi connectivity index (χ3v) is 4.54. The lowest BCUT2D eigenvalue weighted by Gasteiger charge is -2.17. The number of anilines is 2. The van der Waals surface area contributed by atoms with Crippen LogP contribution in [-0.4, -0.2) is 28.3 Å². The van der Waals surface area contributed by atoms with Crippen molar-refractivity contribution in [2.45, 2.75) is 6.42 Å². The molecule has 0 spiro atoms. The lowest BCUT2D eigenvalue weighted by molar-refractivity contribution is -0.122. The second kappa shape index (κ2) is 6.22. The molecule has 1 aliphatic rings. The van der Waals surface area contributed by atoms with Crippen molar-refractivity contribution in [1.29, 1.82) is 0 Å². The molecule has 7 heteroatoms. The number of aromatic amines is 1. The van der Waals surface area contributed by atoms with E-state index in [1.165, 1.54) is 0 Å². The summed E-state index contributed by atoms with van der Waals surface area (Å²) in [6.45, 7) is 0.345. The average Bonchev–Trinajstić information content (AvgIpc) is 3.20. The smallest absolute Gasteiger partial charge is 0.229 e. The largest absolute Gasteiger partial charge is 0.345 e. The molecule has 25 heavy (non-hydrogen) atoms. The molecule has 4 rings (SSSR count). The van der Waals surface area contributed by atoms with E-state index in [0.29, 0.717) is 22.9 Å². The van der Waals surface area contributed by atoms with E-state index in [1.807, 2.05) is 18.2 Å². The normalized spacial score (nSPS) is 17.2. The third kappa shape index (κ3) is 3.08. The number of fused-ring (bicyclic) bond motifs is 1. The number of carbonyl (C=O) groups is 2. The lowest BCUT2D eigenvalue weighted by atomic mass is 10.1. The Balaban J connectivity index is 1.48. The van der Waals surface area contributed by atoms with Crippen LogP contribution in [0.1, 0.15) is 6.42 Å². The molecule has 2 aromatic carbocycles. The lowest BCUT2D eigenvalue weighted by Crippen LogP contribution is -2.28. The van der Waals surface area contributed by atoms with Gasteiger partial charge in [0.05, 0.1) is 23.3 Å². The van der Waals surface area contributed by atoms with E-state index in [-0.39, 0.29) is 18.2 Å². The van der Waals surface area contributed by atoms with Crippen LogP contribution in [0.4, 0.5) is 11.4 Å². The van der Waals surface area contributed by atoms with Crippen molar-refractivity contribution in [2.75, 3.05) is 16.8 Å². The van der Waals surface area contributed by atoms with Crippen molar-refractivity contribution in [1.82, 2.24) is 9.97 Å². The van der Waals surface area contributed by atoms with E-state index >= 15 is 0 Å². The fourth-order valence-electron chi connectivity index (χ4n) is 3.03. The molecule has 2 amide bonds. The molecule has 0 radical (unpaired) electrons. The van der Waals surface area contributed by atoms with Crippen molar-refractivity contribution in [3.05, 3.63) is 53.8 Å². The molecule has 6 nitrogen and oxygen atoms in total. The van der Waals surface area contributed by atoms with Crippen molar-refractivity contribution in [3.8, 4) is 0 Å². The molecular formula is C18H15ClN4O2. The average molecular weight is 355 g/mol. The summed E-state index contributed by atoms with van der Waals surface area (Å²) < 4.78 is 0. The first-order valence-corrected chi connectivity index (χ1v) is 8.28. The minimum absolute atomic E-state index is 0.0774. The first-order chi connectivity index (χ1) is 12.1. The van der Waals surface area contributed by atoms with Gasteiger partial charge in [-0.15, -0.1) is 0 Å². The van der Waals surface area contributed by atoms with Crippen LogP contribution in [0.5, 0.6) is 0 Å². The van der Waals surface area contributed by atoms with Gasteiger partial charge in [0.25, 0.3) is 0 Å². The number of H-pyrrole nitrogens is 1. The van der Waals surface area contributed by atoms with E-state index in [2.05, 4.69) is 15.3 Å². The first kappa shape index (κ1) is 15.7. The summed E-state index contributed by atoms with van der Waals surface area (Å²) >= 11 is 5.99. The Kier molecular flexibility index (Phi) is 3.89. The number of hydrogen-bond acceptors (Lipinski definition) is 3. The Labute approximate surface area is 148 Å². The Bertz CT molecular complexity index is 968. The van der Waals surface area contributed by atoms with Crippen molar-refractivity contribution in [3.63, 3.8) is 0 Å². The Morgan fingerprint density at radius 1 is 1.28 bits per heavy atom. The minimum atomic E-state index is -0.399. The zero-order valence-electron chi connectivity index (χ0n) is 13.2. The van der Waals surface area contributed by atoms with Crippen molar-refractivity contribution in [2.24, 2.45) is 5.92 Å². The fraction of sp³-hybridized carbons (Fsp3) is 0.167. The first-order valence-electron chi connectivity index (χ1n) is 7.90. The monoisotopic (exact) mass is 354 g/mol. The summed E-state index contributed by atoms with van der Waals surface area (Å²) in [5.41, 5.74) is 3.07. The van der Waals surface area contributed by atoms with Gasteiger partial charge in [-0.2, -0.15) is 0 Å². The van der Waals surface area contributed by atoms with Crippen molar-refractivity contribution >= 4 is 45.8 Å². The highest BCUT2D eigenvalue weighted by Gasteiger charge is 2.35. The molecule has 1 aromatic heterocycles. The van der Waals surface area contributed by atoms with Crippen LogP contribution < -0.4 is 10.2 Å². The Hall–Kier alpha value is -2.86. The molecule has 3 aromatic rings. The number of imidazole rings is 1. The molecule has 1 saturated heterocycles. The number of benzene rings is 2. The van der Waals surface area contributed by atoms with Gasteiger partial charge >= 0.3 is 0 Å². The number of halogens is 1. The second-order valence-electron chi connectivity index (χ2n) is 6.01. The van der Waals surface area contributed by atoms with E-state index in [1.54, 1.807) is 35.5 Å². The molecule has 0 bridgehead atoms. The number of nitrogens with zero attached hydrogens (tertiary/aromatic N) is 2. The molecule has 126 valence electrons. The quantitative estimate of drug-likeness (QED) is 0.758. The maximum absolute atomic E-state index is 12.5.